The van der Waals surface area contributed by atoms with Gasteiger partial charge in [-0.2, -0.15) is 5.10 Å². The minimum Gasteiger partial charge on any atom is -0.493 e. The summed E-state index contributed by atoms with van der Waals surface area (Å²) >= 11 is 0. The summed E-state index contributed by atoms with van der Waals surface area (Å²) in [6.07, 6.45) is 4.36. The number of hydrogen-bond donors (Lipinski definition) is 1. The summed E-state index contributed by atoms with van der Waals surface area (Å²) in [5, 5.41) is 7.95. The summed E-state index contributed by atoms with van der Waals surface area (Å²) in [5.74, 6) is 1.55. The third kappa shape index (κ3) is 1.94. The largest absolute Gasteiger partial charge is 0.493 e. The van der Waals surface area contributed by atoms with E-state index >= 15 is 0 Å². The lowest BCUT2D eigenvalue weighted by atomic mass is 9.90. The van der Waals surface area contributed by atoms with Gasteiger partial charge in [0.2, 0.25) is 0 Å². The summed E-state index contributed by atoms with van der Waals surface area (Å²) in [4.78, 5) is 0. The summed E-state index contributed by atoms with van der Waals surface area (Å²) in [6, 6.07) is 0.381. The van der Waals surface area contributed by atoms with E-state index in [0.717, 1.165) is 18.8 Å². The number of rotatable bonds is 3. The van der Waals surface area contributed by atoms with Gasteiger partial charge in [-0.25, -0.2) is 0 Å². The van der Waals surface area contributed by atoms with Crippen molar-refractivity contribution in [3.05, 3.63) is 11.9 Å². The first-order valence-electron chi connectivity index (χ1n) is 6.11. The van der Waals surface area contributed by atoms with E-state index in [1.54, 1.807) is 7.11 Å². The number of hydrogen-bond acceptors (Lipinski definition) is 3. The van der Waals surface area contributed by atoms with E-state index in [4.69, 9.17) is 4.74 Å². The van der Waals surface area contributed by atoms with Gasteiger partial charge in [0.05, 0.1) is 25.0 Å². The monoisotopic (exact) mass is 223 g/mol. The predicted molar refractivity (Wildman–Crippen MR) is 63.6 cm³/mol. The van der Waals surface area contributed by atoms with Crippen LogP contribution >= 0.6 is 0 Å². The lowest BCUT2D eigenvalue weighted by molar-refractivity contribution is 0.281. The van der Waals surface area contributed by atoms with E-state index in [9.17, 15) is 0 Å². The smallest absolute Gasteiger partial charge is 0.161 e. The molecule has 0 aromatic carbocycles. The van der Waals surface area contributed by atoms with Crippen LogP contribution in [0.5, 0.6) is 5.75 Å². The molecule has 1 saturated heterocycles. The van der Waals surface area contributed by atoms with E-state index in [2.05, 4.69) is 24.3 Å². The molecule has 0 bridgehead atoms. The molecule has 1 N–H and O–H groups in total. The van der Waals surface area contributed by atoms with Crippen molar-refractivity contribution in [2.45, 2.75) is 39.3 Å². The Balaban J connectivity index is 2.32. The van der Waals surface area contributed by atoms with Crippen LogP contribution < -0.4 is 10.1 Å². The number of aromatic nitrogens is 2. The summed E-state index contributed by atoms with van der Waals surface area (Å²) in [7, 11) is 1.72. The number of methoxy groups -OCH3 is 1. The number of piperidine rings is 1. The van der Waals surface area contributed by atoms with Crippen LogP contribution in [0.2, 0.25) is 0 Å². The number of ether oxygens (including phenoxy) is 1. The molecule has 2 heterocycles. The third-order valence-corrected chi connectivity index (χ3v) is 3.43. The molecule has 2 rings (SSSR count). The number of nitrogens with one attached hydrogen (secondary N) is 1. The maximum atomic E-state index is 5.41. The van der Waals surface area contributed by atoms with E-state index in [-0.39, 0.29) is 0 Å². The minimum absolute atomic E-state index is 0.381. The molecule has 0 radical (unpaired) electrons. The Kier molecular flexibility index (Phi) is 3.49. The molecule has 90 valence electrons. The zero-order valence-corrected chi connectivity index (χ0v) is 10.4. The van der Waals surface area contributed by atoms with Crippen molar-refractivity contribution in [1.29, 1.82) is 0 Å². The van der Waals surface area contributed by atoms with Gasteiger partial charge in [0.25, 0.3) is 0 Å². The molecule has 4 nitrogen and oxygen atoms in total. The average molecular weight is 223 g/mol. The normalized spacial score (nSPS) is 25.7. The molecule has 2 atom stereocenters. The van der Waals surface area contributed by atoms with Crippen LogP contribution in [-0.2, 0) is 6.54 Å². The highest BCUT2D eigenvalue weighted by atomic mass is 16.5. The molecule has 1 aliphatic rings. The van der Waals surface area contributed by atoms with Gasteiger partial charge >= 0.3 is 0 Å². The van der Waals surface area contributed by atoms with Gasteiger partial charge < -0.3 is 10.1 Å². The maximum Gasteiger partial charge on any atom is 0.161 e. The average Bonchev–Trinajstić information content (AvgIpc) is 2.72. The Morgan fingerprint density at radius 1 is 1.62 bits per heavy atom. The molecular formula is C12H21N3O. The van der Waals surface area contributed by atoms with Crippen molar-refractivity contribution >= 4 is 0 Å². The maximum absolute atomic E-state index is 5.41. The Bertz CT molecular complexity index is 327. The van der Waals surface area contributed by atoms with Crippen LogP contribution in [0.3, 0.4) is 0 Å². The van der Waals surface area contributed by atoms with E-state index < -0.39 is 0 Å². The highest BCUT2D eigenvalue weighted by molar-refractivity contribution is 5.29. The van der Waals surface area contributed by atoms with Gasteiger partial charge in [-0.3, -0.25) is 4.68 Å². The SMILES string of the molecule is CCn1ncc(OC)c1C1NCCCC1C. The molecular weight excluding hydrogens is 202 g/mol. The molecule has 1 fully saturated rings. The second kappa shape index (κ2) is 4.87. The molecule has 0 aliphatic carbocycles. The van der Waals surface area contributed by atoms with Crippen molar-refractivity contribution in [3.63, 3.8) is 0 Å². The Labute approximate surface area is 97.0 Å². The zero-order chi connectivity index (χ0) is 11.5. The molecule has 1 aromatic rings. The first-order chi connectivity index (χ1) is 7.77. The molecule has 1 aromatic heterocycles. The summed E-state index contributed by atoms with van der Waals surface area (Å²) in [5.41, 5.74) is 1.21. The van der Waals surface area contributed by atoms with Crippen LogP contribution in [0, 0.1) is 5.92 Å². The van der Waals surface area contributed by atoms with Gasteiger partial charge in [-0.15, -0.1) is 0 Å². The van der Waals surface area contributed by atoms with Crippen molar-refractivity contribution < 1.29 is 4.74 Å². The van der Waals surface area contributed by atoms with Crippen LogP contribution in [0.1, 0.15) is 38.4 Å². The van der Waals surface area contributed by atoms with Crippen LogP contribution in [-0.4, -0.2) is 23.4 Å². The minimum atomic E-state index is 0.381. The Hall–Kier alpha value is -1.03. The van der Waals surface area contributed by atoms with Crippen LogP contribution in [0.15, 0.2) is 6.20 Å². The lowest BCUT2D eigenvalue weighted by Crippen LogP contribution is -2.34. The van der Waals surface area contributed by atoms with Crippen LogP contribution in [0.25, 0.3) is 0 Å². The lowest BCUT2D eigenvalue weighted by Gasteiger charge is -2.30. The molecule has 4 heteroatoms. The molecule has 0 saturated carbocycles. The summed E-state index contributed by atoms with van der Waals surface area (Å²) in [6.45, 7) is 6.39. The van der Waals surface area contributed by atoms with Crippen molar-refractivity contribution in [2.24, 2.45) is 5.92 Å². The highest BCUT2D eigenvalue weighted by Gasteiger charge is 2.28. The fraction of sp³-hybridized carbons (Fsp3) is 0.750. The van der Waals surface area contributed by atoms with Gasteiger partial charge in [0.1, 0.15) is 0 Å². The topological polar surface area (TPSA) is 39.1 Å². The van der Waals surface area contributed by atoms with Gasteiger partial charge in [0, 0.05) is 6.54 Å². The molecule has 0 amide bonds. The zero-order valence-electron chi connectivity index (χ0n) is 10.4. The highest BCUT2D eigenvalue weighted by Crippen LogP contribution is 2.34. The standard InChI is InChI=1S/C12H21N3O/c1-4-15-12(10(16-3)8-14-15)11-9(2)6-5-7-13-11/h8-9,11,13H,4-7H2,1-3H3. The van der Waals surface area contributed by atoms with E-state index in [0.29, 0.717) is 12.0 Å². The van der Waals surface area contributed by atoms with Crippen LogP contribution in [0.4, 0.5) is 0 Å². The first-order valence-corrected chi connectivity index (χ1v) is 6.11. The Morgan fingerprint density at radius 3 is 3.06 bits per heavy atom. The van der Waals surface area contributed by atoms with Crippen molar-refractivity contribution in [1.82, 2.24) is 15.1 Å². The quantitative estimate of drug-likeness (QED) is 0.851. The fourth-order valence-electron chi connectivity index (χ4n) is 2.52. The first kappa shape index (κ1) is 11.5. The van der Waals surface area contributed by atoms with E-state index in [1.807, 2.05) is 10.9 Å². The van der Waals surface area contributed by atoms with Crippen molar-refractivity contribution in [3.8, 4) is 5.75 Å². The third-order valence-electron chi connectivity index (χ3n) is 3.43. The molecule has 2 unspecified atom stereocenters. The van der Waals surface area contributed by atoms with Gasteiger partial charge in [0.15, 0.2) is 5.75 Å². The van der Waals surface area contributed by atoms with E-state index in [1.165, 1.54) is 18.5 Å². The molecule has 0 spiro atoms. The second-order valence-electron chi connectivity index (χ2n) is 4.47. The number of aryl methyl sites for hydroxylation is 1. The van der Waals surface area contributed by atoms with Crippen molar-refractivity contribution in [2.75, 3.05) is 13.7 Å². The van der Waals surface area contributed by atoms with Gasteiger partial charge in [-0.1, -0.05) is 6.92 Å². The predicted octanol–water partition coefficient (Wildman–Crippen LogP) is 1.97. The van der Waals surface area contributed by atoms with Gasteiger partial charge in [-0.05, 0) is 32.2 Å². The second-order valence-corrected chi connectivity index (χ2v) is 4.47. The number of nitrogens with zero attached hydrogens (tertiary/aromatic N) is 2. The fourth-order valence-corrected chi connectivity index (χ4v) is 2.52. The summed E-state index contributed by atoms with van der Waals surface area (Å²) < 4.78 is 7.45. The Morgan fingerprint density at radius 2 is 2.44 bits per heavy atom. The molecule has 16 heavy (non-hydrogen) atoms. The molecule has 1 aliphatic heterocycles.